The van der Waals surface area contributed by atoms with Crippen LogP contribution in [0, 0.1) is 5.92 Å². The number of pyridine rings is 1. The molecule has 1 aromatic rings. The summed E-state index contributed by atoms with van der Waals surface area (Å²) >= 11 is 0. The van der Waals surface area contributed by atoms with Crippen molar-refractivity contribution in [2.75, 3.05) is 33.7 Å². The lowest BCUT2D eigenvalue weighted by molar-refractivity contribution is -0.147. The molecule has 0 N–H and O–H groups in total. The topological polar surface area (TPSA) is 90.9 Å². The normalized spacial score (nSPS) is 24.2. The number of hydrogen-bond donors (Lipinski definition) is 0. The molecular weight excluding hydrogens is 344 g/mol. The predicted molar refractivity (Wildman–Crippen MR) is 89.9 cm³/mol. The molecule has 9 heteroatoms. The number of carbonyl (C=O) groups excluding carboxylic acids is 2. The van der Waals surface area contributed by atoms with Crippen molar-refractivity contribution in [1.29, 1.82) is 0 Å². The number of carbonyl (C=O) groups is 2. The van der Waals surface area contributed by atoms with Crippen LogP contribution in [0.3, 0.4) is 0 Å². The van der Waals surface area contributed by atoms with E-state index in [9.17, 15) is 18.0 Å². The molecule has 2 fully saturated rings. The van der Waals surface area contributed by atoms with Crippen LogP contribution in [0.25, 0.3) is 0 Å². The van der Waals surface area contributed by atoms with Gasteiger partial charge in [0.1, 0.15) is 10.9 Å². The first-order valence-corrected chi connectivity index (χ1v) is 9.65. The Morgan fingerprint density at radius 3 is 2.80 bits per heavy atom. The Hall–Kier alpha value is -2.00. The van der Waals surface area contributed by atoms with Gasteiger partial charge in [-0.2, -0.15) is 4.31 Å². The van der Waals surface area contributed by atoms with Gasteiger partial charge in [-0.1, -0.05) is 0 Å². The van der Waals surface area contributed by atoms with E-state index >= 15 is 0 Å². The van der Waals surface area contributed by atoms with Crippen molar-refractivity contribution in [2.45, 2.75) is 23.8 Å². The second-order valence-corrected chi connectivity index (χ2v) is 8.61. The minimum atomic E-state index is -3.79. The zero-order valence-corrected chi connectivity index (χ0v) is 15.1. The van der Waals surface area contributed by atoms with Crippen LogP contribution in [-0.2, 0) is 19.6 Å². The van der Waals surface area contributed by atoms with E-state index in [0.29, 0.717) is 25.9 Å². The van der Waals surface area contributed by atoms with Crippen molar-refractivity contribution in [3.8, 4) is 0 Å². The maximum absolute atomic E-state index is 12.9. The molecule has 2 saturated heterocycles. The number of piperidine rings is 2. The zero-order chi connectivity index (χ0) is 18.2. The first kappa shape index (κ1) is 17.8. The molecule has 0 aromatic carbocycles. The van der Waals surface area contributed by atoms with E-state index in [4.69, 9.17) is 0 Å². The molecule has 0 saturated carbocycles. The molecule has 0 radical (unpaired) electrons. The maximum atomic E-state index is 12.9. The second-order valence-electron chi connectivity index (χ2n) is 6.72. The van der Waals surface area contributed by atoms with Gasteiger partial charge >= 0.3 is 0 Å². The van der Waals surface area contributed by atoms with Crippen LogP contribution in [0.4, 0.5) is 0 Å². The molecule has 8 nitrogen and oxygen atoms in total. The lowest BCUT2D eigenvalue weighted by Gasteiger charge is -2.45. The van der Waals surface area contributed by atoms with Crippen molar-refractivity contribution in [3.05, 3.63) is 24.5 Å². The molecule has 2 amide bonds. The van der Waals surface area contributed by atoms with Crippen LogP contribution in [0.15, 0.2) is 29.4 Å². The van der Waals surface area contributed by atoms with Gasteiger partial charge in [-0.15, -0.1) is 0 Å². The lowest BCUT2D eigenvalue weighted by atomic mass is 9.87. The third-order valence-corrected chi connectivity index (χ3v) is 6.69. The van der Waals surface area contributed by atoms with Crippen LogP contribution in [0.5, 0.6) is 0 Å². The molecule has 3 heterocycles. The van der Waals surface area contributed by atoms with Gasteiger partial charge in [-0.25, -0.2) is 8.42 Å². The molecule has 2 aliphatic heterocycles. The van der Waals surface area contributed by atoms with Gasteiger partial charge in [-0.3, -0.25) is 14.6 Å². The Morgan fingerprint density at radius 1 is 1.40 bits per heavy atom. The van der Waals surface area contributed by atoms with Crippen LogP contribution < -0.4 is 0 Å². The zero-order valence-electron chi connectivity index (χ0n) is 14.3. The number of likely N-dealkylation sites (tertiary alicyclic amines) is 1. The largest absolute Gasteiger partial charge is 0.347 e. The lowest BCUT2D eigenvalue weighted by Crippen LogP contribution is -2.61. The molecule has 3 rings (SSSR count). The molecule has 2 bridgehead atoms. The van der Waals surface area contributed by atoms with Crippen LogP contribution in [0.1, 0.15) is 12.8 Å². The van der Waals surface area contributed by atoms with E-state index in [1.807, 2.05) is 0 Å². The molecule has 0 unspecified atom stereocenters. The van der Waals surface area contributed by atoms with Crippen molar-refractivity contribution < 1.29 is 18.0 Å². The van der Waals surface area contributed by atoms with E-state index < -0.39 is 16.1 Å². The average molecular weight is 366 g/mol. The summed E-state index contributed by atoms with van der Waals surface area (Å²) in [5.41, 5.74) is 0. The molecular formula is C16H22N4O4S. The highest BCUT2D eigenvalue weighted by atomic mass is 32.2. The van der Waals surface area contributed by atoms with Gasteiger partial charge in [0.15, 0.2) is 0 Å². The third kappa shape index (κ3) is 3.38. The third-order valence-electron chi connectivity index (χ3n) is 4.80. The van der Waals surface area contributed by atoms with Gasteiger partial charge in [0.05, 0.1) is 6.54 Å². The van der Waals surface area contributed by atoms with Crippen molar-refractivity contribution in [2.24, 2.45) is 5.92 Å². The van der Waals surface area contributed by atoms with Crippen molar-refractivity contribution in [1.82, 2.24) is 19.1 Å². The summed E-state index contributed by atoms with van der Waals surface area (Å²) in [4.78, 5) is 31.7. The first-order valence-electron chi connectivity index (χ1n) is 8.21. The van der Waals surface area contributed by atoms with Crippen LogP contribution in [0.2, 0.25) is 0 Å². The van der Waals surface area contributed by atoms with Gasteiger partial charge in [0, 0.05) is 39.6 Å². The quantitative estimate of drug-likeness (QED) is 0.735. The summed E-state index contributed by atoms with van der Waals surface area (Å²) in [5.74, 6) is -0.244. The molecule has 0 spiro atoms. The minimum absolute atomic E-state index is 0.0143. The Kier molecular flexibility index (Phi) is 4.79. The number of rotatable bonds is 4. The van der Waals surface area contributed by atoms with Crippen molar-refractivity contribution in [3.63, 3.8) is 0 Å². The summed E-state index contributed by atoms with van der Waals surface area (Å²) in [6.45, 7) is 0.809. The number of sulfonamides is 1. The van der Waals surface area contributed by atoms with E-state index in [1.165, 1.54) is 32.6 Å². The summed E-state index contributed by atoms with van der Waals surface area (Å²) < 4.78 is 27.1. The second kappa shape index (κ2) is 6.72. The molecule has 1 aromatic heterocycles. The van der Waals surface area contributed by atoms with E-state index in [1.54, 1.807) is 20.2 Å². The fraction of sp³-hybridized carbons (Fsp3) is 0.562. The molecule has 2 atom stereocenters. The highest BCUT2D eigenvalue weighted by molar-refractivity contribution is 7.89. The highest BCUT2D eigenvalue weighted by Gasteiger charge is 2.46. The monoisotopic (exact) mass is 366 g/mol. The molecule has 0 aliphatic carbocycles. The summed E-state index contributed by atoms with van der Waals surface area (Å²) in [7, 11) is -0.515. The van der Waals surface area contributed by atoms with Gasteiger partial charge in [0.25, 0.3) is 0 Å². The van der Waals surface area contributed by atoms with E-state index in [-0.39, 0.29) is 29.2 Å². The summed E-state index contributed by atoms with van der Waals surface area (Å²) in [6.07, 6.45) is 3.98. The average Bonchev–Trinajstić information content (AvgIpc) is 2.60. The molecule has 136 valence electrons. The Labute approximate surface area is 147 Å². The van der Waals surface area contributed by atoms with E-state index in [0.717, 1.165) is 0 Å². The molecule has 25 heavy (non-hydrogen) atoms. The predicted octanol–water partition coefficient (Wildman–Crippen LogP) is -0.219. The fourth-order valence-corrected chi connectivity index (χ4v) is 4.96. The minimum Gasteiger partial charge on any atom is -0.347 e. The number of fused-ring (bicyclic) bond motifs is 2. The van der Waals surface area contributed by atoms with Gasteiger partial charge < -0.3 is 9.80 Å². The van der Waals surface area contributed by atoms with Gasteiger partial charge in [-0.05, 0) is 30.9 Å². The smallest absolute Gasteiger partial charge is 0.245 e. The van der Waals surface area contributed by atoms with E-state index in [2.05, 4.69) is 4.98 Å². The maximum Gasteiger partial charge on any atom is 0.245 e. The van der Waals surface area contributed by atoms with Gasteiger partial charge in [0.2, 0.25) is 21.8 Å². The SMILES string of the molecule is CN(C)C(=O)CN1C[C@H]2CCN(S(=O)(=O)c3cccnc3)[C@H](C2)C1=O. The fourth-order valence-electron chi connectivity index (χ4n) is 3.39. The summed E-state index contributed by atoms with van der Waals surface area (Å²) in [5, 5.41) is 0. The van der Waals surface area contributed by atoms with Crippen LogP contribution in [-0.4, -0.2) is 79.1 Å². The summed E-state index contributed by atoms with van der Waals surface area (Å²) in [6, 6.07) is 2.30. The number of nitrogens with zero attached hydrogens (tertiary/aromatic N) is 4. The number of likely N-dealkylation sites (N-methyl/N-ethyl adjacent to an activating group) is 1. The number of aromatic nitrogens is 1. The standard InChI is InChI=1S/C16H22N4O4S/c1-18(2)15(21)11-19-10-12-5-7-20(14(8-12)16(19)22)25(23,24)13-4-3-6-17-9-13/h3-4,6,9,12,14H,5,7-8,10-11H2,1-2H3/t12-,14+/m0/s1. The molecule has 2 aliphatic rings. The first-order chi connectivity index (χ1) is 11.8. The highest BCUT2D eigenvalue weighted by Crippen LogP contribution is 2.33. The Balaban J connectivity index is 1.85. The van der Waals surface area contributed by atoms with Crippen LogP contribution >= 0.6 is 0 Å². The number of hydrogen-bond acceptors (Lipinski definition) is 5. The Morgan fingerprint density at radius 2 is 2.16 bits per heavy atom. The Bertz CT molecular complexity index is 766. The van der Waals surface area contributed by atoms with Crippen molar-refractivity contribution >= 4 is 21.8 Å². The number of amides is 2.